The minimum Gasteiger partial charge on any atom is -0.481 e. The van der Waals surface area contributed by atoms with Gasteiger partial charge in [0.05, 0.1) is 18.2 Å². The third kappa shape index (κ3) is 4.44. The lowest BCUT2D eigenvalue weighted by molar-refractivity contribution is -0.144. The van der Waals surface area contributed by atoms with Crippen LogP contribution in [0, 0.1) is 19.8 Å². The number of rotatable bonds is 5. The van der Waals surface area contributed by atoms with E-state index < -0.39 is 5.97 Å². The van der Waals surface area contributed by atoms with Crippen LogP contribution in [0.4, 0.5) is 0 Å². The Morgan fingerprint density at radius 1 is 1.25 bits per heavy atom. The maximum atomic E-state index is 12.5. The first-order valence-electron chi connectivity index (χ1n) is 9.34. The Hall–Kier alpha value is -2.60. The number of hydrogen-bond acceptors (Lipinski definition) is 3. The molecule has 6 nitrogen and oxygen atoms in total. The second-order valence-electron chi connectivity index (χ2n) is 7.10. The predicted octanol–water partition coefficient (Wildman–Crippen LogP) is 3.54. The van der Waals surface area contributed by atoms with Crippen molar-refractivity contribution >= 4 is 29.6 Å². The summed E-state index contributed by atoms with van der Waals surface area (Å²) in [6.45, 7) is 5.41. The van der Waals surface area contributed by atoms with E-state index in [0.717, 1.165) is 22.5 Å². The van der Waals surface area contributed by atoms with Crippen LogP contribution < -0.4 is 0 Å². The van der Waals surface area contributed by atoms with Gasteiger partial charge in [0, 0.05) is 35.4 Å². The van der Waals surface area contributed by atoms with E-state index >= 15 is 0 Å². The molecule has 0 atom stereocenters. The van der Waals surface area contributed by atoms with Crippen molar-refractivity contribution in [1.82, 2.24) is 14.7 Å². The van der Waals surface area contributed by atoms with Crippen LogP contribution in [0.3, 0.4) is 0 Å². The molecule has 0 saturated carbocycles. The van der Waals surface area contributed by atoms with Crippen molar-refractivity contribution in [3.05, 3.63) is 57.9 Å². The van der Waals surface area contributed by atoms with Crippen molar-refractivity contribution in [3.8, 4) is 0 Å². The van der Waals surface area contributed by atoms with E-state index in [4.69, 9.17) is 16.7 Å². The predicted molar refractivity (Wildman–Crippen MR) is 108 cm³/mol. The first kappa shape index (κ1) is 20.1. The second-order valence-corrected chi connectivity index (χ2v) is 7.51. The smallest absolute Gasteiger partial charge is 0.306 e. The van der Waals surface area contributed by atoms with Gasteiger partial charge < -0.3 is 10.0 Å². The Kier molecular flexibility index (Phi) is 6.19. The second kappa shape index (κ2) is 8.61. The molecule has 2 aromatic rings. The Balaban J connectivity index is 1.69. The average molecular weight is 402 g/mol. The van der Waals surface area contributed by atoms with E-state index in [0.29, 0.717) is 37.5 Å². The molecule has 1 saturated heterocycles. The van der Waals surface area contributed by atoms with Gasteiger partial charge in [-0.15, -0.1) is 0 Å². The Morgan fingerprint density at radius 3 is 2.57 bits per heavy atom. The molecule has 2 heterocycles. The van der Waals surface area contributed by atoms with Crippen molar-refractivity contribution in [1.29, 1.82) is 0 Å². The maximum Gasteiger partial charge on any atom is 0.306 e. The molecule has 1 amide bonds. The molecule has 0 radical (unpaired) electrons. The van der Waals surface area contributed by atoms with E-state index in [1.807, 2.05) is 42.8 Å². The quantitative estimate of drug-likeness (QED) is 0.777. The number of carboxylic acids is 1. The standard InChI is InChI=1S/C21H24ClN3O3/c1-14-18(7-8-20(26)24-11-9-16(10-12-24)21(27)28)15(2)25(23-14)13-17-5-3-4-6-19(17)22/h3-8,16H,9-13H2,1-2H3,(H,27,28)/b8-7+. The maximum absolute atomic E-state index is 12.5. The third-order valence-electron chi connectivity index (χ3n) is 5.26. The van der Waals surface area contributed by atoms with Crippen LogP contribution in [-0.2, 0) is 16.1 Å². The zero-order chi connectivity index (χ0) is 20.3. The Bertz CT molecular complexity index is 912. The fourth-order valence-corrected chi connectivity index (χ4v) is 3.70. The molecule has 0 spiro atoms. The molecule has 1 aliphatic heterocycles. The first-order chi connectivity index (χ1) is 13.4. The summed E-state index contributed by atoms with van der Waals surface area (Å²) in [4.78, 5) is 25.2. The van der Waals surface area contributed by atoms with E-state index in [-0.39, 0.29) is 11.8 Å². The number of carbonyl (C=O) groups is 2. The summed E-state index contributed by atoms with van der Waals surface area (Å²) >= 11 is 6.25. The van der Waals surface area contributed by atoms with Crippen LogP contribution in [0.15, 0.2) is 30.3 Å². The molecule has 7 heteroatoms. The lowest BCUT2D eigenvalue weighted by Gasteiger charge is -2.29. The number of aliphatic carboxylic acids is 1. The number of benzene rings is 1. The van der Waals surface area contributed by atoms with Gasteiger partial charge in [-0.25, -0.2) is 0 Å². The lowest BCUT2D eigenvalue weighted by Crippen LogP contribution is -2.39. The number of hydrogen-bond donors (Lipinski definition) is 1. The van der Waals surface area contributed by atoms with Crippen molar-refractivity contribution in [3.63, 3.8) is 0 Å². The molecule has 3 rings (SSSR count). The van der Waals surface area contributed by atoms with Gasteiger partial charge in [-0.2, -0.15) is 5.10 Å². The van der Waals surface area contributed by atoms with E-state index in [1.54, 1.807) is 17.1 Å². The number of piperidine rings is 1. The number of carboxylic acid groups (broad SMARTS) is 1. The van der Waals surface area contributed by atoms with Gasteiger partial charge in [-0.1, -0.05) is 29.8 Å². The zero-order valence-electron chi connectivity index (χ0n) is 16.1. The van der Waals surface area contributed by atoms with Crippen LogP contribution in [0.2, 0.25) is 5.02 Å². The normalized spacial score (nSPS) is 15.3. The van der Waals surface area contributed by atoms with Gasteiger partial charge in [-0.05, 0) is 44.4 Å². The summed E-state index contributed by atoms with van der Waals surface area (Å²) in [6, 6.07) is 7.67. The number of amides is 1. The van der Waals surface area contributed by atoms with Crippen LogP contribution >= 0.6 is 11.6 Å². The highest BCUT2D eigenvalue weighted by Gasteiger charge is 2.26. The topological polar surface area (TPSA) is 75.4 Å². The molecule has 1 N–H and O–H groups in total. The molecule has 1 aliphatic rings. The highest BCUT2D eigenvalue weighted by molar-refractivity contribution is 6.31. The molecular formula is C21H24ClN3O3. The van der Waals surface area contributed by atoms with Crippen LogP contribution in [0.1, 0.15) is 35.4 Å². The summed E-state index contributed by atoms with van der Waals surface area (Å²) < 4.78 is 1.89. The molecule has 1 fully saturated rings. The largest absolute Gasteiger partial charge is 0.481 e. The minimum absolute atomic E-state index is 0.0958. The van der Waals surface area contributed by atoms with Crippen molar-refractivity contribution < 1.29 is 14.7 Å². The Morgan fingerprint density at radius 2 is 1.93 bits per heavy atom. The molecule has 28 heavy (non-hydrogen) atoms. The fourth-order valence-electron chi connectivity index (χ4n) is 3.50. The minimum atomic E-state index is -0.778. The van der Waals surface area contributed by atoms with Gasteiger partial charge in [0.15, 0.2) is 0 Å². The Labute approximate surface area is 169 Å². The van der Waals surface area contributed by atoms with Gasteiger partial charge in [0.2, 0.25) is 5.91 Å². The molecule has 0 aliphatic carbocycles. The average Bonchev–Trinajstić information content (AvgIpc) is 2.94. The summed E-state index contributed by atoms with van der Waals surface area (Å²) in [5.41, 5.74) is 3.72. The molecule has 148 valence electrons. The number of aromatic nitrogens is 2. The van der Waals surface area contributed by atoms with Crippen molar-refractivity contribution in [2.75, 3.05) is 13.1 Å². The third-order valence-corrected chi connectivity index (χ3v) is 5.63. The number of carbonyl (C=O) groups excluding carboxylic acids is 1. The molecular weight excluding hydrogens is 378 g/mol. The zero-order valence-corrected chi connectivity index (χ0v) is 16.8. The first-order valence-corrected chi connectivity index (χ1v) is 9.72. The van der Waals surface area contributed by atoms with Gasteiger partial charge in [0.25, 0.3) is 0 Å². The summed E-state index contributed by atoms with van der Waals surface area (Å²) in [5.74, 6) is -1.22. The highest BCUT2D eigenvalue weighted by Crippen LogP contribution is 2.21. The fraction of sp³-hybridized carbons (Fsp3) is 0.381. The number of aryl methyl sites for hydroxylation is 1. The number of halogens is 1. The molecule has 1 aromatic heterocycles. The van der Waals surface area contributed by atoms with Crippen LogP contribution in [0.5, 0.6) is 0 Å². The van der Waals surface area contributed by atoms with Crippen molar-refractivity contribution in [2.45, 2.75) is 33.2 Å². The molecule has 0 bridgehead atoms. The molecule has 1 aromatic carbocycles. The van der Waals surface area contributed by atoms with Crippen LogP contribution in [-0.4, -0.2) is 44.8 Å². The van der Waals surface area contributed by atoms with Gasteiger partial charge in [-0.3, -0.25) is 14.3 Å². The van der Waals surface area contributed by atoms with E-state index in [9.17, 15) is 9.59 Å². The van der Waals surface area contributed by atoms with Crippen LogP contribution in [0.25, 0.3) is 6.08 Å². The van der Waals surface area contributed by atoms with Crippen molar-refractivity contribution in [2.24, 2.45) is 5.92 Å². The summed E-state index contributed by atoms with van der Waals surface area (Å²) in [7, 11) is 0. The van der Waals surface area contributed by atoms with E-state index in [2.05, 4.69) is 5.10 Å². The lowest BCUT2D eigenvalue weighted by atomic mass is 9.97. The SMILES string of the molecule is Cc1nn(Cc2ccccc2Cl)c(C)c1/C=C/C(=O)N1CCC(C(=O)O)CC1. The number of likely N-dealkylation sites (tertiary alicyclic amines) is 1. The van der Waals surface area contributed by atoms with Gasteiger partial charge in [0.1, 0.15) is 0 Å². The number of nitrogens with zero attached hydrogens (tertiary/aromatic N) is 3. The van der Waals surface area contributed by atoms with E-state index in [1.165, 1.54) is 0 Å². The highest BCUT2D eigenvalue weighted by atomic mass is 35.5. The monoisotopic (exact) mass is 401 g/mol. The van der Waals surface area contributed by atoms with Gasteiger partial charge >= 0.3 is 5.97 Å². The summed E-state index contributed by atoms with van der Waals surface area (Å²) in [6.07, 6.45) is 4.36. The molecule has 0 unspecified atom stereocenters. The summed E-state index contributed by atoms with van der Waals surface area (Å²) in [5, 5.41) is 14.4.